The molecule has 0 unspecified atom stereocenters. The van der Waals surface area contributed by atoms with Crippen molar-refractivity contribution >= 4 is 40.9 Å². The number of halogens is 2. The van der Waals surface area contributed by atoms with Crippen LogP contribution in [0.2, 0.25) is 10.0 Å². The lowest BCUT2D eigenvalue weighted by molar-refractivity contribution is -0.111. The molecule has 1 heterocycles. The third-order valence-corrected chi connectivity index (χ3v) is 5.64. The van der Waals surface area contributed by atoms with Crippen molar-refractivity contribution in [1.29, 1.82) is 0 Å². The van der Waals surface area contributed by atoms with Gasteiger partial charge < -0.3 is 19.7 Å². The van der Waals surface area contributed by atoms with Crippen LogP contribution in [-0.2, 0) is 4.79 Å². The van der Waals surface area contributed by atoms with Crippen LogP contribution in [0.25, 0.3) is 6.08 Å². The van der Waals surface area contributed by atoms with E-state index in [1.807, 2.05) is 0 Å². The zero-order chi connectivity index (χ0) is 20.8. The van der Waals surface area contributed by atoms with Crippen molar-refractivity contribution in [2.75, 3.05) is 32.6 Å². The molecule has 0 spiro atoms. The van der Waals surface area contributed by atoms with Crippen LogP contribution >= 0.6 is 23.2 Å². The number of amides is 1. The van der Waals surface area contributed by atoms with E-state index in [1.165, 1.54) is 12.5 Å². The molecule has 3 rings (SSSR count). The van der Waals surface area contributed by atoms with Crippen molar-refractivity contribution in [3.8, 4) is 11.5 Å². The second kappa shape index (κ2) is 10.0. The maximum atomic E-state index is 12.3. The maximum absolute atomic E-state index is 12.3. The number of hydrogen-bond donors (Lipinski definition) is 1. The largest absolute Gasteiger partial charge is 0.493 e. The molecule has 1 atom stereocenters. The van der Waals surface area contributed by atoms with Gasteiger partial charge in [0.2, 0.25) is 5.91 Å². The molecule has 2 aromatic rings. The minimum absolute atomic E-state index is 0.261. The third-order valence-electron chi connectivity index (χ3n) is 4.90. The highest BCUT2D eigenvalue weighted by atomic mass is 35.5. The van der Waals surface area contributed by atoms with Crippen LogP contribution in [0.15, 0.2) is 42.5 Å². The Kier molecular flexibility index (Phi) is 7.42. The molecule has 1 saturated heterocycles. The molecule has 0 radical (unpaired) electrons. The lowest BCUT2D eigenvalue weighted by atomic mass is 10.2. The Morgan fingerprint density at radius 3 is 2.72 bits per heavy atom. The summed E-state index contributed by atoms with van der Waals surface area (Å²) in [6.45, 7) is 1.67. The molecule has 1 aliphatic rings. The average Bonchev–Trinajstić information content (AvgIpc) is 3.12. The number of anilines is 1. The van der Waals surface area contributed by atoms with Crippen molar-refractivity contribution in [2.45, 2.75) is 18.9 Å². The molecule has 0 saturated carbocycles. The predicted octanol–water partition coefficient (Wildman–Crippen LogP) is 5.13. The van der Waals surface area contributed by atoms with E-state index in [0.717, 1.165) is 18.5 Å². The van der Waals surface area contributed by atoms with Gasteiger partial charge in [-0.1, -0.05) is 29.3 Å². The Bertz CT molecular complexity index is 902. The van der Waals surface area contributed by atoms with Crippen molar-refractivity contribution in [2.24, 2.45) is 0 Å². The normalized spacial score (nSPS) is 16.9. The quantitative estimate of drug-likeness (QED) is 0.613. The summed E-state index contributed by atoms with van der Waals surface area (Å²) in [4.78, 5) is 14.6. The van der Waals surface area contributed by atoms with Crippen molar-refractivity contribution in [1.82, 2.24) is 4.90 Å². The van der Waals surface area contributed by atoms with E-state index >= 15 is 0 Å². The molecule has 5 nitrogen and oxygen atoms in total. The van der Waals surface area contributed by atoms with E-state index in [1.54, 1.807) is 49.6 Å². The van der Waals surface area contributed by atoms with Gasteiger partial charge in [-0.15, -0.1) is 0 Å². The minimum atomic E-state index is -0.261. The van der Waals surface area contributed by atoms with Crippen LogP contribution in [0.3, 0.4) is 0 Å². The van der Waals surface area contributed by atoms with Crippen LogP contribution in [0.1, 0.15) is 18.4 Å². The number of likely N-dealkylation sites (tertiary alicyclic amines) is 1. The number of ether oxygens (including phenoxy) is 2. The lowest BCUT2D eigenvalue weighted by Crippen LogP contribution is -2.30. The summed E-state index contributed by atoms with van der Waals surface area (Å²) >= 11 is 11.9. The number of likely N-dealkylation sites (N-methyl/N-ethyl adjacent to an activating group) is 1. The van der Waals surface area contributed by atoms with E-state index in [9.17, 15) is 4.79 Å². The zero-order valence-corrected chi connectivity index (χ0v) is 18.0. The Balaban J connectivity index is 1.64. The van der Waals surface area contributed by atoms with Gasteiger partial charge in [-0.25, -0.2) is 0 Å². The van der Waals surface area contributed by atoms with E-state index in [0.29, 0.717) is 39.9 Å². The van der Waals surface area contributed by atoms with Gasteiger partial charge >= 0.3 is 0 Å². The Morgan fingerprint density at radius 2 is 2.03 bits per heavy atom. The zero-order valence-electron chi connectivity index (χ0n) is 16.5. The van der Waals surface area contributed by atoms with Gasteiger partial charge in [-0.2, -0.15) is 0 Å². The Morgan fingerprint density at radius 1 is 1.21 bits per heavy atom. The number of rotatable bonds is 7. The highest BCUT2D eigenvalue weighted by Crippen LogP contribution is 2.31. The average molecular weight is 435 g/mol. The van der Waals surface area contributed by atoms with Crippen LogP contribution in [0, 0.1) is 0 Å². The topological polar surface area (TPSA) is 50.8 Å². The molecule has 1 amide bonds. The van der Waals surface area contributed by atoms with E-state index in [4.69, 9.17) is 32.7 Å². The first-order valence-corrected chi connectivity index (χ1v) is 10.2. The molecule has 0 aliphatic carbocycles. The molecule has 2 aromatic carbocycles. The molecule has 1 aliphatic heterocycles. The minimum Gasteiger partial charge on any atom is -0.493 e. The predicted molar refractivity (Wildman–Crippen MR) is 118 cm³/mol. The first-order chi connectivity index (χ1) is 14.0. The molecule has 154 valence electrons. The van der Waals surface area contributed by atoms with Gasteiger partial charge in [0, 0.05) is 23.9 Å². The Hall–Kier alpha value is -2.21. The summed E-state index contributed by atoms with van der Waals surface area (Å²) < 4.78 is 11.4. The fourth-order valence-electron chi connectivity index (χ4n) is 3.21. The molecule has 1 fully saturated rings. The number of benzene rings is 2. The summed E-state index contributed by atoms with van der Waals surface area (Å²) in [5, 5.41) is 3.75. The van der Waals surface area contributed by atoms with E-state index in [-0.39, 0.29) is 5.91 Å². The van der Waals surface area contributed by atoms with E-state index < -0.39 is 0 Å². The second-order valence-corrected chi connectivity index (χ2v) is 7.76. The molecule has 29 heavy (non-hydrogen) atoms. The standard InChI is InChI=1S/C22H24Cl2N2O3/c1-26-11-3-4-17(26)14-29-21-13-16(7-9-20(21)28-2)25-22(27)10-6-15-5-8-18(23)19(24)12-15/h5-10,12-13,17H,3-4,11,14H2,1-2H3,(H,25,27)/t17-/m0/s1. The van der Waals surface area contributed by atoms with Crippen LogP contribution in [0.4, 0.5) is 5.69 Å². The van der Waals surface area contributed by atoms with Gasteiger partial charge in [0.25, 0.3) is 0 Å². The number of carbonyl (C=O) groups is 1. The fourth-order valence-corrected chi connectivity index (χ4v) is 3.52. The molecule has 0 aromatic heterocycles. The van der Waals surface area contributed by atoms with E-state index in [2.05, 4.69) is 17.3 Å². The third kappa shape index (κ3) is 5.89. The Labute approximate surface area is 181 Å². The van der Waals surface area contributed by atoms with Crippen molar-refractivity contribution in [3.63, 3.8) is 0 Å². The SMILES string of the molecule is COc1ccc(NC(=O)C=Cc2ccc(Cl)c(Cl)c2)cc1OC[C@@H]1CCCN1C. The summed E-state index contributed by atoms with van der Waals surface area (Å²) in [7, 11) is 3.71. The van der Waals surface area contributed by atoms with Gasteiger partial charge in [-0.3, -0.25) is 4.79 Å². The van der Waals surface area contributed by atoms with Crippen LogP contribution < -0.4 is 14.8 Å². The van der Waals surface area contributed by atoms with Gasteiger partial charge in [0.05, 0.1) is 17.2 Å². The summed E-state index contributed by atoms with van der Waals surface area (Å²) in [6, 6.07) is 10.9. The van der Waals surface area contributed by atoms with Crippen LogP contribution in [0.5, 0.6) is 11.5 Å². The van der Waals surface area contributed by atoms with Gasteiger partial charge in [-0.05, 0) is 62.3 Å². The molecule has 0 bridgehead atoms. The molecular weight excluding hydrogens is 411 g/mol. The summed E-state index contributed by atoms with van der Waals surface area (Å²) in [5.41, 5.74) is 1.42. The first-order valence-electron chi connectivity index (χ1n) is 9.41. The number of nitrogens with zero attached hydrogens (tertiary/aromatic N) is 1. The number of hydrogen-bond acceptors (Lipinski definition) is 4. The number of carbonyl (C=O) groups excluding carboxylic acids is 1. The monoisotopic (exact) mass is 434 g/mol. The smallest absolute Gasteiger partial charge is 0.248 e. The van der Waals surface area contributed by atoms with Gasteiger partial charge in [0.15, 0.2) is 11.5 Å². The molecular formula is C22H24Cl2N2O3. The van der Waals surface area contributed by atoms with Crippen LogP contribution in [-0.4, -0.2) is 44.2 Å². The van der Waals surface area contributed by atoms with Crippen molar-refractivity contribution in [3.05, 3.63) is 58.1 Å². The number of nitrogens with one attached hydrogen (secondary N) is 1. The number of methoxy groups -OCH3 is 1. The molecule has 1 N–H and O–H groups in total. The van der Waals surface area contributed by atoms with Gasteiger partial charge in [0.1, 0.15) is 6.61 Å². The highest BCUT2D eigenvalue weighted by molar-refractivity contribution is 6.42. The van der Waals surface area contributed by atoms with Crippen molar-refractivity contribution < 1.29 is 14.3 Å². The maximum Gasteiger partial charge on any atom is 0.248 e. The fraction of sp³-hybridized carbons (Fsp3) is 0.318. The summed E-state index contributed by atoms with van der Waals surface area (Å²) in [6.07, 6.45) is 5.42. The first kappa shape index (κ1) is 21.5. The summed E-state index contributed by atoms with van der Waals surface area (Å²) in [5.74, 6) is 0.983. The highest BCUT2D eigenvalue weighted by Gasteiger charge is 2.22. The molecule has 7 heteroatoms. The second-order valence-electron chi connectivity index (χ2n) is 6.95. The lowest BCUT2D eigenvalue weighted by Gasteiger charge is -2.20.